The van der Waals surface area contributed by atoms with E-state index in [9.17, 15) is 9.59 Å². The monoisotopic (exact) mass is 376 g/mol. The van der Waals surface area contributed by atoms with Gasteiger partial charge in [0.15, 0.2) is 12.4 Å². The molecule has 0 saturated heterocycles. The lowest BCUT2D eigenvalue weighted by Crippen LogP contribution is -2.20. The summed E-state index contributed by atoms with van der Waals surface area (Å²) in [5, 5.41) is 7.09. The number of halogens is 1. The van der Waals surface area contributed by atoms with Crippen molar-refractivity contribution in [2.24, 2.45) is 0 Å². The maximum Gasteiger partial charge on any atom is 0.264 e. The lowest BCUT2D eigenvalue weighted by Gasteiger charge is -2.12. The van der Waals surface area contributed by atoms with E-state index in [1.807, 2.05) is 27.7 Å². The smallest absolute Gasteiger partial charge is 0.264 e. The molecule has 0 unspecified atom stereocenters. The number of benzene rings is 1. The fourth-order valence-electron chi connectivity index (χ4n) is 2.95. The molecule has 1 aliphatic carbocycles. The van der Waals surface area contributed by atoms with Crippen molar-refractivity contribution in [3.05, 3.63) is 40.0 Å². The molecule has 1 N–H and O–H groups in total. The van der Waals surface area contributed by atoms with Crippen LogP contribution in [0.4, 0.5) is 5.88 Å². The van der Waals surface area contributed by atoms with Crippen molar-refractivity contribution < 1.29 is 18.8 Å². The van der Waals surface area contributed by atoms with Crippen molar-refractivity contribution in [2.75, 3.05) is 11.9 Å². The van der Waals surface area contributed by atoms with Gasteiger partial charge in [0.05, 0.1) is 11.3 Å². The number of Topliss-reactive ketones (excluding diaryl/α,β-unsaturated/α-hetero) is 1. The van der Waals surface area contributed by atoms with Crippen LogP contribution in [0.15, 0.2) is 22.7 Å². The molecule has 1 aliphatic rings. The Hall–Kier alpha value is -2.34. The van der Waals surface area contributed by atoms with E-state index in [-0.39, 0.29) is 29.6 Å². The van der Waals surface area contributed by atoms with Gasteiger partial charge in [-0.25, -0.2) is 0 Å². The first-order chi connectivity index (χ1) is 12.2. The number of anilines is 1. The SMILES string of the molecule is C[C@H]1CC(=O)c2c(OCC(=O)Nc3cc(C(C)(C)C)no3)ccc(Cl)c21. The number of nitrogens with one attached hydrogen (secondary N) is 1. The summed E-state index contributed by atoms with van der Waals surface area (Å²) < 4.78 is 10.7. The number of hydrogen-bond donors (Lipinski definition) is 1. The molecule has 1 heterocycles. The number of fused-ring (bicyclic) bond motifs is 1. The van der Waals surface area contributed by atoms with Crippen LogP contribution in [-0.4, -0.2) is 23.5 Å². The Labute approximate surface area is 156 Å². The summed E-state index contributed by atoms with van der Waals surface area (Å²) >= 11 is 6.20. The molecule has 1 amide bonds. The van der Waals surface area contributed by atoms with Crippen LogP contribution in [-0.2, 0) is 10.2 Å². The predicted octanol–water partition coefficient (Wildman–Crippen LogP) is 4.33. The maximum absolute atomic E-state index is 12.2. The molecule has 6 nitrogen and oxygen atoms in total. The van der Waals surface area contributed by atoms with Gasteiger partial charge in [-0.05, 0) is 23.6 Å². The standard InChI is InChI=1S/C19H21ClN2O4/c1-10-7-12(23)18-13(6-5-11(20)17(10)18)25-9-15(24)21-16-8-14(22-26-16)19(2,3)4/h5-6,8,10H,7,9H2,1-4H3,(H,21,24)/t10-/m0/s1. The summed E-state index contributed by atoms with van der Waals surface area (Å²) in [4.78, 5) is 24.3. The molecule has 1 aromatic carbocycles. The predicted molar refractivity (Wildman–Crippen MR) is 98.1 cm³/mol. The number of carbonyl (C=O) groups is 2. The van der Waals surface area contributed by atoms with Gasteiger partial charge in [-0.1, -0.05) is 44.5 Å². The highest BCUT2D eigenvalue weighted by atomic mass is 35.5. The Balaban J connectivity index is 1.68. The van der Waals surface area contributed by atoms with Crippen LogP contribution in [0.5, 0.6) is 5.75 Å². The zero-order valence-electron chi connectivity index (χ0n) is 15.2. The van der Waals surface area contributed by atoms with E-state index in [2.05, 4.69) is 10.5 Å². The van der Waals surface area contributed by atoms with Crippen LogP contribution in [0.25, 0.3) is 0 Å². The van der Waals surface area contributed by atoms with Gasteiger partial charge in [-0.2, -0.15) is 0 Å². The number of aromatic nitrogens is 1. The van der Waals surface area contributed by atoms with Crippen molar-refractivity contribution in [1.29, 1.82) is 0 Å². The fourth-order valence-corrected chi connectivity index (χ4v) is 3.29. The quantitative estimate of drug-likeness (QED) is 0.858. The average Bonchev–Trinajstić information content (AvgIpc) is 3.12. The third-order valence-electron chi connectivity index (χ3n) is 4.32. The van der Waals surface area contributed by atoms with Gasteiger partial charge in [0.1, 0.15) is 5.75 Å². The second kappa shape index (κ2) is 6.76. The minimum atomic E-state index is -0.399. The fraction of sp³-hybridized carbons (Fsp3) is 0.421. The molecule has 0 fully saturated rings. The second-order valence-electron chi connectivity index (χ2n) is 7.53. The molecule has 0 saturated carbocycles. The van der Waals surface area contributed by atoms with Crippen LogP contribution in [0.2, 0.25) is 5.02 Å². The zero-order valence-corrected chi connectivity index (χ0v) is 15.9. The Morgan fingerprint density at radius 3 is 2.81 bits per heavy atom. The summed E-state index contributed by atoms with van der Waals surface area (Å²) in [5.41, 5.74) is 1.83. The summed E-state index contributed by atoms with van der Waals surface area (Å²) in [7, 11) is 0. The highest BCUT2D eigenvalue weighted by Crippen LogP contribution is 2.42. The average molecular weight is 377 g/mol. The van der Waals surface area contributed by atoms with Gasteiger partial charge in [0.25, 0.3) is 5.91 Å². The Morgan fingerprint density at radius 1 is 1.42 bits per heavy atom. The van der Waals surface area contributed by atoms with E-state index in [1.165, 1.54) is 0 Å². The van der Waals surface area contributed by atoms with Crippen LogP contribution in [0, 0.1) is 0 Å². The molecule has 0 radical (unpaired) electrons. The lowest BCUT2D eigenvalue weighted by atomic mass is 9.92. The summed E-state index contributed by atoms with van der Waals surface area (Å²) in [5.74, 6) is 0.267. The molecule has 1 aromatic heterocycles. The first kappa shape index (κ1) is 18.5. The highest BCUT2D eigenvalue weighted by Gasteiger charge is 2.32. The first-order valence-corrected chi connectivity index (χ1v) is 8.80. The summed E-state index contributed by atoms with van der Waals surface area (Å²) in [6, 6.07) is 4.99. The van der Waals surface area contributed by atoms with Crippen molar-refractivity contribution in [3.63, 3.8) is 0 Å². The minimum absolute atomic E-state index is 0.0181. The molecule has 7 heteroatoms. The number of ketones is 1. The van der Waals surface area contributed by atoms with Gasteiger partial charge in [0.2, 0.25) is 5.88 Å². The van der Waals surface area contributed by atoms with Gasteiger partial charge in [-0.3, -0.25) is 14.9 Å². The van der Waals surface area contributed by atoms with E-state index in [0.717, 1.165) is 11.3 Å². The van der Waals surface area contributed by atoms with Crippen LogP contribution < -0.4 is 10.1 Å². The molecule has 0 spiro atoms. The van der Waals surface area contributed by atoms with Gasteiger partial charge in [0, 0.05) is 22.9 Å². The third-order valence-corrected chi connectivity index (χ3v) is 4.65. The van der Waals surface area contributed by atoms with Gasteiger partial charge >= 0.3 is 0 Å². The lowest BCUT2D eigenvalue weighted by molar-refractivity contribution is -0.118. The molecule has 1 atom stereocenters. The van der Waals surface area contributed by atoms with E-state index in [4.69, 9.17) is 20.9 Å². The summed E-state index contributed by atoms with van der Waals surface area (Å²) in [6.07, 6.45) is 0.398. The van der Waals surface area contributed by atoms with Crippen molar-refractivity contribution in [1.82, 2.24) is 5.16 Å². The number of amides is 1. The minimum Gasteiger partial charge on any atom is -0.483 e. The van der Waals surface area contributed by atoms with Crippen LogP contribution >= 0.6 is 11.6 Å². The topological polar surface area (TPSA) is 81.4 Å². The first-order valence-electron chi connectivity index (χ1n) is 8.42. The molecule has 2 aromatic rings. The van der Waals surface area contributed by atoms with Crippen molar-refractivity contribution >= 4 is 29.2 Å². The maximum atomic E-state index is 12.2. The van der Waals surface area contributed by atoms with E-state index >= 15 is 0 Å². The molecule has 138 valence electrons. The van der Waals surface area contributed by atoms with Crippen molar-refractivity contribution in [2.45, 2.75) is 45.4 Å². The highest BCUT2D eigenvalue weighted by molar-refractivity contribution is 6.32. The number of carbonyl (C=O) groups excluding carboxylic acids is 2. The Kier molecular flexibility index (Phi) is 4.80. The Bertz CT molecular complexity index is 867. The number of hydrogen-bond acceptors (Lipinski definition) is 5. The van der Waals surface area contributed by atoms with Crippen LogP contribution in [0.1, 0.15) is 61.6 Å². The van der Waals surface area contributed by atoms with E-state index in [0.29, 0.717) is 22.8 Å². The van der Waals surface area contributed by atoms with Gasteiger partial charge in [-0.15, -0.1) is 0 Å². The second-order valence-corrected chi connectivity index (χ2v) is 7.93. The Morgan fingerprint density at radius 2 is 2.15 bits per heavy atom. The zero-order chi connectivity index (χ0) is 19.1. The number of ether oxygens (including phenoxy) is 1. The van der Waals surface area contributed by atoms with E-state index in [1.54, 1.807) is 18.2 Å². The molecule has 0 bridgehead atoms. The third kappa shape index (κ3) is 3.60. The van der Waals surface area contributed by atoms with E-state index < -0.39 is 5.91 Å². The van der Waals surface area contributed by atoms with Gasteiger partial charge < -0.3 is 9.26 Å². The summed E-state index contributed by atoms with van der Waals surface area (Å²) in [6.45, 7) is 7.69. The van der Waals surface area contributed by atoms with Crippen molar-refractivity contribution in [3.8, 4) is 5.75 Å². The molecule has 26 heavy (non-hydrogen) atoms. The normalized spacial score (nSPS) is 16.5. The number of nitrogens with zero attached hydrogens (tertiary/aromatic N) is 1. The largest absolute Gasteiger partial charge is 0.483 e. The molecule has 0 aliphatic heterocycles. The van der Waals surface area contributed by atoms with Crippen LogP contribution in [0.3, 0.4) is 0 Å². The molecule has 3 rings (SSSR count). The molecular weight excluding hydrogens is 356 g/mol. The molecular formula is C19H21ClN2O4. The number of rotatable bonds is 4.